The van der Waals surface area contributed by atoms with Crippen molar-refractivity contribution in [2.75, 3.05) is 11.4 Å². The highest BCUT2D eigenvalue weighted by Gasteiger charge is 2.22. The largest absolute Gasteiger partial charge is 0.352 e. The average molecular weight is 411 g/mol. The molecular formula is C22H20ClFN4O. The first-order valence-electron chi connectivity index (χ1n) is 9.41. The molecule has 0 fully saturated rings. The van der Waals surface area contributed by atoms with Crippen LogP contribution in [0.15, 0.2) is 65.7 Å². The summed E-state index contributed by atoms with van der Waals surface area (Å²) < 4.78 is 14.6. The first-order valence-corrected chi connectivity index (χ1v) is 9.78. The van der Waals surface area contributed by atoms with Crippen LogP contribution in [0.1, 0.15) is 24.5 Å². The maximum absolute atomic E-state index is 13.2. The number of aromatic nitrogens is 3. The lowest BCUT2D eigenvalue weighted by atomic mass is 9.96. The number of rotatable bonds is 4. The van der Waals surface area contributed by atoms with E-state index in [1.54, 1.807) is 24.3 Å². The highest BCUT2D eigenvalue weighted by molar-refractivity contribution is 6.30. The quantitative estimate of drug-likeness (QED) is 0.648. The molecule has 1 atom stereocenters. The van der Waals surface area contributed by atoms with Crippen LogP contribution in [0.4, 0.5) is 10.3 Å². The first kappa shape index (κ1) is 19.3. The maximum atomic E-state index is 13.2. The highest BCUT2D eigenvalue weighted by atomic mass is 35.5. The molecule has 0 amide bonds. The summed E-state index contributed by atoms with van der Waals surface area (Å²) >= 11 is 5.90. The fraction of sp³-hybridized carbons (Fsp3) is 0.227. The molecule has 2 heterocycles. The van der Waals surface area contributed by atoms with Crippen LogP contribution in [0.5, 0.6) is 0 Å². The van der Waals surface area contributed by atoms with Crippen LogP contribution < -0.4 is 10.6 Å². The molecule has 148 valence electrons. The molecule has 1 unspecified atom stereocenters. The lowest BCUT2D eigenvalue weighted by molar-refractivity contribution is 0.627. The molecule has 2 aromatic carbocycles. The van der Waals surface area contributed by atoms with Gasteiger partial charge in [-0.2, -0.15) is 4.98 Å². The smallest absolute Gasteiger partial charge is 0.334 e. The number of halogens is 2. The minimum Gasteiger partial charge on any atom is -0.334 e. The van der Waals surface area contributed by atoms with E-state index in [0.717, 1.165) is 23.1 Å². The zero-order valence-corrected chi connectivity index (χ0v) is 16.7. The van der Waals surface area contributed by atoms with Crippen molar-refractivity contribution in [3.05, 3.63) is 93.4 Å². The molecule has 1 aliphatic heterocycles. The van der Waals surface area contributed by atoms with Gasteiger partial charge in [0.15, 0.2) is 0 Å². The van der Waals surface area contributed by atoms with E-state index in [1.165, 1.54) is 23.0 Å². The summed E-state index contributed by atoms with van der Waals surface area (Å²) in [6.07, 6.45) is 4.41. The third kappa shape index (κ3) is 4.38. The monoisotopic (exact) mass is 410 g/mol. The predicted molar refractivity (Wildman–Crippen MR) is 113 cm³/mol. The third-order valence-electron chi connectivity index (χ3n) is 5.05. The molecule has 0 saturated heterocycles. The third-order valence-corrected chi connectivity index (χ3v) is 5.30. The van der Waals surface area contributed by atoms with Crippen LogP contribution >= 0.6 is 11.6 Å². The van der Waals surface area contributed by atoms with Gasteiger partial charge in [0.25, 0.3) is 0 Å². The molecule has 0 radical (unpaired) electrons. The van der Waals surface area contributed by atoms with Crippen LogP contribution in [0.2, 0.25) is 5.02 Å². The standard InChI is InChI=1S/C22H20ClFN4O/c1-15-12-18(17-4-8-20(24)9-5-17)10-11-28(15)21-25-14-27(22(29)26-21)13-16-2-6-19(23)7-3-16/h2-9,12,14-15H,10-11,13H2,1H3. The Morgan fingerprint density at radius 1 is 1.14 bits per heavy atom. The molecule has 3 aromatic rings. The fourth-order valence-corrected chi connectivity index (χ4v) is 3.60. The van der Waals surface area contributed by atoms with Crippen LogP contribution in [0.25, 0.3) is 5.57 Å². The SMILES string of the molecule is CC1C=C(c2ccc(F)cc2)CCN1c1ncn(Cc2ccc(Cl)cc2)c(=O)n1. The van der Waals surface area contributed by atoms with Crippen molar-refractivity contribution >= 4 is 23.1 Å². The Hall–Kier alpha value is -2.99. The van der Waals surface area contributed by atoms with Gasteiger partial charge in [-0.25, -0.2) is 14.2 Å². The van der Waals surface area contributed by atoms with E-state index >= 15 is 0 Å². The van der Waals surface area contributed by atoms with E-state index in [1.807, 2.05) is 24.0 Å². The topological polar surface area (TPSA) is 51.0 Å². The molecule has 4 rings (SSSR count). The van der Waals surface area contributed by atoms with Crippen LogP contribution in [0, 0.1) is 5.82 Å². The number of hydrogen-bond donors (Lipinski definition) is 0. The summed E-state index contributed by atoms with van der Waals surface area (Å²) in [6.45, 7) is 3.11. The molecule has 7 heteroatoms. The predicted octanol–water partition coefficient (Wildman–Crippen LogP) is 4.16. The number of benzene rings is 2. The molecule has 0 spiro atoms. The van der Waals surface area contributed by atoms with Gasteiger partial charge in [0, 0.05) is 17.6 Å². The molecule has 0 aliphatic carbocycles. The second kappa shape index (κ2) is 8.17. The lowest BCUT2D eigenvalue weighted by Crippen LogP contribution is -2.39. The average Bonchev–Trinajstić information content (AvgIpc) is 2.72. The minimum absolute atomic E-state index is 0.0234. The van der Waals surface area contributed by atoms with Crippen molar-refractivity contribution in [2.24, 2.45) is 0 Å². The summed E-state index contributed by atoms with van der Waals surface area (Å²) in [7, 11) is 0. The lowest BCUT2D eigenvalue weighted by Gasteiger charge is -2.32. The van der Waals surface area contributed by atoms with E-state index in [-0.39, 0.29) is 17.5 Å². The van der Waals surface area contributed by atoms with Crippen molar-refractivity contribution in [2.45, 2.75) is 25.9 Å². The van der Waals surface area contributed by atoms with Gasteiger partial charge in [-0.05, 0) is 54.3 Å². The number of nitrogens with zero attached hydrogens (tertiary/aromatic N) is 4. The van der Waals surface area contributed by atoms with Crippen molar-refractivity contribution in [3.8, 4) is 0 Å². The van der Waals surface area contributed by atoms with Crippen LogP contribution in [0.3, 0.4) is 0 Å². The Labute approximate surface area is 173 Å². The Balaban J connectivity index is 1.51. The Bertz CT molecular complexity index is 1090. The second-order valence-electron chi connectivity index (χ2n) is 7.08. The summed E-state index contributed by atoms with van der Waals surface area (Å²) in [5.41, 5.74) is 2.78. The molecule has 29 heavy (non-hydrogen) atoms. The van der Waals surface area contributed by atoms with Crippen molar-refractivity contribution in [1.29, 1.82) is 0 Å². The Kier molecular flexibility index (Phi) is 5.45. The van der Waals surface area contributed by atoms with E-state index in [0.29, 0.717) is 24.1 Å². The molecule has 0 saturated carbocycles. The summed E-state index contributed by atoms with van der Waals surface area (Å²) in [6, 6.07) is 13.9. The Morgan fingerprint density at radius 2 is 1.86 bits per heavy atom. The summed E-state index contributed by atoms with van der Waals surface area (Å²) in [4.78, 5) is 23.1. The zero-order valence-electron chi connectivity index (χ0n) is 15.9. The molecule has 5 nitrogen and oxygen atoms in total. The Morgan fingerprint density at radius 3 is 2.52 bits per heavy atom. The van der Waals surface area contributed by atoms with Crippen LogP contribution in [-0.2, 0) is 6.54 Å². The summed E-state index contributed by atoms with van der Waals surface area (Å²) in [5, 5.41) is 0.653. The van der Waals surface area contributed by atoms with E-state index in [2.05, 4.69) is 16.0 Å². The van der Waals surface area contributed by atoms with Gasteiger partial charge in [-0.15, -0.1) is 0 Å². The fourth-order valence-electron chi connectivity index (χ4n) is 3.48. The van der Waals surface area contributed by atoms with Gasteiger partial charge in [0.2, 0.25) is 5.95 Å². The van der Waals surface area contributed by atoms with Gasteiger partial charge in [-0.3, -0.25) is 4.57 Å². The second-order valence-corrected chi connectivity index (χ2v) is 7.51. The van der Waals surface area contributed by atoms with Gasteiger partial charge < -0.3 is 4.90 Å². The van der Waals surface area contributed by atoms with E-state index in [4.69, 9.17) is 11.6 Å². The zero-order chi connectivity index (χ0) is 20.4. The molecule has 0 N–H and O–H groups in total. The molecular weight excluding hydrogens is 391 g/mol. The number of anilines is 1. The van der Waals surface area contributed by atoms with E-state index < -0.39 is 0 Å². The molecule has 1 aliphatic rings. The van der Waals surface area contributed by atoms with Crippen LogP contribution in [-0.4, -0.2) is 27.1 Å². The summed E-state index contributed by atoms with van der Waals surface area (Å²) in [5.74, 6) is 0.177. The van der Waals surface area contributed by atoms with Gasteiger partial charge >= 0.3 is 5.69 Å². The van der Waals surface area contributed by atoms with Crippen molar-refractivity contribution < 1.29 is 4.39 Å². The van der Waals surface area contributed by atoms with Gasteiger partial charge in [0.1, 0.15) is 12.1 Å². The molecule has 1 aromatic heterocycles. The normalized spacial score (nSPS) is 16.6. The van der Waals surface area contributed by atoms with Crippen molar-refractivity contribution in [1.82, 2.24) is 14.5 Å². The van der Waals surface area contributed by atoms with Gasteiger partial charge in [-0.1, -0.05) is 41.9 Å². The minimum atomic E-state index is -0.342. The number of hydrogen-bond acceptors (Lipinski definition) is 4. The van der Waals surface area contributed by atoms with Gasteiger partial charge in [0.05, 0.1) is 6.54 Å². The van der Waals surface area contributed by atoms with Crippen molar-refractivity contribution in [3.63, 3.8) is 0 Å². The molecule has 0 bridgehead atoms. The maximum Gasteiger partial charge on any atom is 0.352 e. The first-order chi connectivity index (χ1) is 14.0. The van der Waals surface area contributed by atoms with E-state index in [9.17, 15) is 9.18 Å². The highest BCUT2D eigenvalue weighted by Crippen LogP contribution is 2.27.